The minimum Gasteiger partial charge on any atom is -0.497 e. The zero-order valence-electron chi connectivity index (χ0n) is 12.4. The minimum absolute atomic E-state index is 0.0615. The van der Waals surface area contributed by atoms with E-state index in [1.54, 1.807) is 0 Å². The van der Waals surface area contributed by atoms with Crippen molar-refractivity contribution in [3.63, 3.8) is 0 Å². The summed E-state index contributed by atoms with van der Waals surface area (Å²) in [6.07, 6.45) is 4.07. The van der Waals surface area contributed by atoms with Gasteiger partial charge in [-0.2, -0.15) is 4.39 Å². The number of ether oxygens (including phenoxy) is 2. The molecule has 1 N–H and O–H groups in total. The van der Waals surface area contributed by atoms with E-state index in [1.165, 1.54) is 13.2 Å². The highest BCUT2D eigenvalue weighted by Gasteiger charge is 2.38. The van der Waals surface area contributed by atoms with Crippen molar-refractivity contribution in [3.05, 3.63) is 28.1 Å². The first-order valence-corrected chi connectivity index (χ1v) is 7.50. The van der Waals surface area contributed by atoms with Gasteiger partial charge in [-0.05, 0) is 25.7 Å². The SMILES string of the molecule is COc1cc(F)c([N+](=O)[O-])c(NC2CCCC3OCCC23)c1. The van der Waals surface area contributed by atoms with Crippen LogP contribution in [0, 0.1) is 21.8 Å². The summed E-state index contributed by atoms with van der Waals surface area (Å²) < 4.78 is 24.7. The van der Waals surface area contributed by atoms with Crippen LogP contribution in [0.1, 0.15) is 25.7 Å². The number of nitro groups is 1. The topological polar surface area (TPSA) is 73.6 Å². The van der Waals surface area contributed by atoms with E-state index in [4.69, 9.17) is 9.47 Å². The highest BCUT2D eigenvalue weighted by molar-refractivity contribution is 5.65. The number of hydrogen-bond donors (Lipinski definition) is 1. The second-order valence-corrected chi connectivity index (χ2v) is 5.81. The molecule has 2 aliphatic rings. The minimum atomic E-state index is -0.887. The molecule has 0 spiro atoms. The van der Waals surface area contributed by atoms with E-state index < -0.39 is 16.4 Å². The van der Waals surface area contributed by atoms with E-state index in [9.17, 15) is 14.5 Å². The van der Waals surface area contributed by atoms with Crippen molar-refractivity contribution < 1.29 is 18.8 Å². The van der Waals surface area contributed by atoms with Crippen molar-refractivity contribution in [2.45, 2.75) is 37.8 Å². The van der Waals surface area contributed by atoms with E-state index >= 15 is 0 Å². The van der Waals surface area contributed by atoms with Crippen molar-refractivity contribution in [3.8, 4) is 5.75 Å². The summed E-state index contributed by atoms with van der Waals surface area (Å²) >= 11 is 0. The third kappa shape index (κ3) is 2.72. The molecule has 6 nitrogen and oxygen atoms in total. The van der Waals surface area contributed by atoms with Gasteiger partial charge in [0.2, 0.25) is 5.82 Å². The lowest BCUT2D eigenvalue weighted by atomic mass is 9.81. The average Bonchev–Trinajstić information content (AvgIpc) is 2.95. The predicted octanol–water partition coefficient (Wildman–Crippen LogP) is 3.11. The second kappa shape index (κ2) is 6.08. The molecule has 0 aromatic heterocycles. The number of rotatable bonds is 4. The molecule has 7 heteroatoms. The number of benzene rings is 1. The molecule has 22 heavy (non-hydrogen) atoms. The maximum atomic E-state index is 14.0. The van der Waals surface area contributed by atoms with Gasteiger partial charge in [0.25, 0.3) is 0 Å². The van der Waals surface area contributed by atoms with Gasteiger partial charge >= 0.3 is 5.69 Å². The Balaban J connectivity index is 1.90. The Morgan fingerprint density at radius 2 is 2.23 bits per heavy atom. The van der Waals surface area contributed by atoms with E-state index in [0.717, 1.165) is 38.4 Å². The summed E-state index contributed by atoms with van der Waals surface area (Å²) in [5.41, 5.74) is -0.346. The van der Waals surface area contributed by atoms with Gasteiger partial charge in [0, 0.05) is 30.7 Å². The molecular weight excluding hydrogens is 291 g/mol. The molecule has 3 atom stereocenters. The van der Waals surface area contributed by atoms with Gasteiger partial charge in [-0.3, -0.25) is 10.1 Å². The van der Waals surface area contributed by atoms with E-state index in [0.29, 0.717) is 5.92 Å². The number of methoxy groups -OCH3 is 1. The van der Waals surface area contributed by atoms with Crippen molar-refractivity contribution in [1.82, 2.24) is 0 Å². The van der Waals surface area contributed by atoms with Crippen LogP contribution in [0.3, 0.4) is 0 Å². The normalized spacial score (nSPS) is 27.3. The quantitative estimate of drug-likeness (QED) is 0.683. The summed E-state index contributed by atoms with van der Waals surface area (Å²) in [6, 6.07) is 2.58. The third-order valence-corrected chi connectivity index (χ3v) is 4.58. The lowest BCUT2D eigenvalue weighted by molar-refractivity contribution is -0.386. The van der Waals surface area contributed by atoms with Crippen LogP contribution in [-0.4, -0.2) is 30.8 Å². The number of hydrogen-bond acceptors (Lipinski definition) is 5. The van der Waals surface area contributed by atoms with Gasteiger partial charge < -0.3 is 14.8 Å². The Morgan fingerprint density at radius 1 is 1.41 bits per heavy atom. The lowest BCUT2D eigenvalue weighted by Crippen LogP contribution is -2.38. The van der Waals surface area contributed by atoms with E-state index in [-0.39, 0.29) is 23.6 Å². The van der Waals surface area contributed by atoms with Crippen molar-refractivity contribution in [1.29, 1.82) is 0 Å². The van der Waals surface area contributed by atoms with E-state index in [1.807, 2.05) is 0 Å². The zero-order chi connectivity index (χ0) is 15.7. The van der Waals surface area contributed by atoms with Gasteiger partial charge in [-0.1, -0.05) is 0 Å². The molecule has 1 aliphatic carbocycles. The fourth-order valence-electron chi connectivity index (χ4n) is 3.54. The number of anilines is 1. The summed E-state index contributed by atoms with van der Waals surface area (Å²) in [6.45, 7) is 0.724. The molecule has 3 unspecified atom stereocenters. The van der Waals surface area contributed by atoms with Crippen LogP contribution in [0.25, 0.3) is 0 Å². The maximum Gasteiger partial charge on any atom is 0.327 e. The number of halogens is 1. The first-order chi connectivity index (χ1) is 10.6. The Bertz CT molecular complexity index is 581. The van der Waals surface area contributed by atoms with Gasteiger partial charge in [0.05, 0.1) is 18.1 Å². The highest BCUT2D eigenvalue weighted by Crippen LogP contribution is 2.39. The highest BCUT2D eigenvalue weighted by atomic mass is 19.1. The van der Waals surface area contributed by atoms with Crippen LogP contribution in [0.5, 0.6) is 5.75 Å². The van der Waals surface area contributed by atoms with Crippen LogP contribution in [0.4, 0.5) is 15.8 Å². The summed E-state index contributed by atoms with van der Waals surface area (Å²) in [5, 5.41) is 14.3. The predicted molar refractivity (Wildman–Crippen MR) is 78.7 cm³/mol. The second-order valence-electron chi connectivity index (χ2n) is 5.81. The van der Waals surface area contributed by atoms with Gasteiger partial charge in [0.15, 0.2) is 0 Å². The molecule has 0 bridgehead atoms. The van der Waals surface area contributed by atoms with Crippen LogP contribution < -0.4 is 10.1 Å². The lowest BCUT2D eigenvalue weighted by Gasteiger charge is -2.33. The average molecular weight is 310 g/mol. The Hall–Kier alpha value is -1.89. The van der Waals surface area contributed by atoms with Crippen molar-refractivity contribution in [2.24, 2.45) is 5.92 Å². The van der Waals surface area contributed by atoms with Crippen molar-refractivity contribution in [2.75, 3.05) is 19.0 Å². The summed E-state index contributed by atoms with van der Waals surface area (Å²) in [5.74, 6) is -0.301. The van der Waals surface area contributed by atoms with Crippen LogP contribution in [0.2, 0.25) is 0 Å². The monoisotopic (exact) mass is 310 g/mol. The largest absolute Gasteiger partial charge is 0.497 e. The number of nitro benzene ring substituents is 1. The number of nitrogens with one attached hydrogen (secondary N) is 1. The van der Waals surface area contributed by atoms with Gasteiger partial charge in [-0.25, -0.2) is 0 Å². The summed E-state index contributed by atoms with van der Waals surface area (Å²) in [7, 11) is 1.41. The molecule has 1 aromatic rings. The Labute approximate surface area is 127 Å². The fraction of sp³-hybridized carbons (Fsp3) is 0.600. The van der Waals surface area contributed by atoms with Crippen LogP contribution in [0.15, 0.2) is 12.1 Å². The summed E-state index contributed by atoms with van der Waals surface area (Å²) in [4.78, 5) is 10.5. The molecule has 120 valence electrons. The first-order valence-electron chi connectivity index (χ1n) is 7.50. The molecule has 1 heterocycles. The third-order valence-electron chi connectivity index (χ3n) is 4.58. The van der Waals surface area contributed by atoms with Gasteiger partial charge in [-0.15, -0.1) is 0 Å². The fourth-order valence-corrected chi connectivity index (χ4v) is 3.54. The molecule has 2 fully saturated rings. The molecule has 0 radical (unpaired) electrons. The Kier molecular flexibility index (Phi) is 4.15. The number of nitrogens with zero attached hydrogens (tertiary/aromatic N) is 1. The molecule has 0 amide bonds. The Morgan fingerprint density at radius 3 is 2.95 bits per heavy atom. The molecular formula is C15H19FN2O4. The molecule has 1 aliphatic heterocycles. The molecule has 1 saturated heterocycles. The van der Waals surface area contributed by atoms with E-state index in [2.05, 4.69) is 5.32 Å². The van der Waals surface area contributed by atoms with Crippen LogP contribution in [-0.2, 0) is 4.74 Å². The zero-order valence-corrected chi connectivity index (χ0v) is 12.4. The van der Waals surface area contributed by atoms with Crippen molar-refractivity contribution >= 4 is 11.4 Å². The number of fused-ring (bicyclic) bond motifs is 1. The van der Waals surface area contributed by atoms with Crippen LogP contribution >= 0.6 is 0 Å². The first kappa shape index (κ1) is 15.0. The molecule has 1 saturated carbocycles. The molecule has 3 rings (SSSR count). The standard InChI is InChI=1S/C15H19FN2O4/c1-21-9-7-11(16)15(18(19)20)13(8-9)17-12-3-2-4-14-10(12)5-6-22-14/h7-8,10,12,14,17H,2-6H2,1H3. The maximum absolute atomic E-state index is 14.0. The van der Waals surface area contributed by atoms with Gasteiger partial charge in [0.1, 0.15) is 11.4 Å². The smallest absolute Gasteiger partial charge is 0.327 e. The molecule has 1 aromatic carbocycles.